The lowest BCUT2D eigenvalue weighted by molar-refractivity contribution is -0.147. The molecule has 0 spiro atoms. The molecule has 160 valence electrons. The first-order valence-corrected chi connectivity index (χ1v) is 10.5. The minimum Gasteiger partial charge on any atom is -0.493 e. The molecule has 2 aliphatic heterocycles. The number of carbonyl (C=O) groups excluding carboxylic acids is 2. The first kappa shape index (κ1) is 20.4. The number of nitrogens with zero attached hydrogens (tertiary/aromatic N) is 3. The van der Waals surface area contributed by atoms with Crippen LogP contribution < -0.4 is 10.1 Å². The van der Waals surface area contributed by atoms with E-state index in [-0.39, 0.29) is 18.4 Å². The van der Waals surface area contributed by atoms with Crippen molar-refractivity contribution in [1.29, 1.82) is 0 Å². The number of rotatable bonds is 6. The number of amides is 2. The van der Waals surface area contributed by atoms with Crippen LogP contribution in [0.1, 0.15) is 29.7 Å². The molecule has 1 N–H and O–H groups in total. The Bertz CT molecular complexity index is 910. The number of hydrogen-bond donors (Lipinski definition) is 1. The highest BCUT2D eigenvalue weighted by Gasteiger charge is 2.29. The average Bonchev–Trinajstić information content (AvgIpc) is 3.20. The summed E-state index contributed by atoms with van der Waals surface area (Å²) in [5, 5.41) is 7.24. The number of ether oxygens (including phenoxy) is 2. The molecule has 1 saturated heterocycles. The molecular weight excluding hydrogens is 384 g/mol. The second kappa shape index (κ2) is 9.30. The number of nitrogens with one attached hydrogen (secondary N) is 1. The Hall–Kier alpha value is -2.87. The lowest BCUT2D eigenvalue weighted by atomic mass is 10.0. The minimum atomic E-state index is -0.643. The third-order valence-electron chi connectivity index (χ3n) is 5.48. The van der Waals surface area contributed by atoms with Gasteiger partial charge in [0, 0.05) is 32.3 Å². The monoisotopic (exact) mass is 412 g/mol. The van der Waals surface area contributed by atoms with Crippen molar-refractivity contribution in [3.63, 3.8) is 0 Å². The topological polar surface area (TPSA) is 85.7 Å². The van der Waals surface area contributed by atoms with E-state index >= 15 is 0 Å². The highest BCUT2D eigenvalue weighted by molar-refractivity contribution is 5.83. The highest BCUT2D eigenvalue weighted by Crippen LogP contribution is 2.25. The summed E-state index contributed by atoms with van der Waals surface area (Å²) in [5.74, 6) is 0.759. The standard InChI is InChI=1S/C22H28N4O4/c1-16-6-8-26(24-16)9-7-21(27)25-10-12-30-20(15-25)22(28)23-14-17-4-5-19-18(13-17)3-2-11-29-19/h4-6,8,13,20H,2-3,7,9-12,14-15H2,1H3,(H,23,28). The van der Waals surface area contributed by atoms with Gasteiger partial charge in [-0.2, -0.15) is 5.10 Å². The molecule has 1 aromatic heterocycles. The van der Waals surface area contributed by atoms with Crippen LogP contribution in [-0.4, -0.2) is 58.9 Å². The molecule has 1 unspecified atom stereocenters. The van der Waals surface area contributed by atoms with E-state index in [1.165, 1.54) is 5.56 Å². The maximum absolute atomic E-state index is 12.6. The van der Waals surface area contributed by atoms with Crippen LogP contribution in [0.2, 0.25) is 0 Å². The summed E-state index contributed by atoms with van der Waals surface area (Å²) in [6, 6.07) is 7.94. The molecule has 1 aromatic carbocycles. The van der Waals surface area contributed by atoms with Crippen molar-refractivity contribution in [2.45, 2.75) is 45.4 Å². The van der Waals surface area contributed by atoms with E-state index < -0.39 is 6.10 Å². The van der Waals surface area contributed by atoms with Gasteiger partial charge in [-0.1, -0.05) is 12.1 Å². The maximum Gasteiger partial charge on any atom is 0.251 e. The van der Waals surface area contributed by atoms with Gasteiger partial charge in [0.2, 0.25) is 5.91 Å². The first-order chi connectivity index (χ1) is 14.6. The first-order valence-electron chi connectivity index (χ1n) is 10.5. The van der Waals surface area contributed by atoms with Gasteiger partial charge in [-0.15, -0.1) is 0 Å². The fraction of sp³-hybridized carbons (Fsp3) is 0.500. The molecule has 0 radical (unpaired) electrons. The molecule has 0 bridgehead atoms. The molecule has 30 heavy (non-hydrogen) atoms. The van der Waals surface area contributed by atoms with Crippen molar-refractivity contribution in [3.05, 3.63) is 47.3 Å². The van der Waals surface area contributed by atoms with Crippen molar-refractivity contribution in [3.8, 4) is 5.75 Å². The Morgan fingerprint density at radius 1 is 1.27 bits per heavy atom. The molecule has 0 aliphatic carbocycles. The van der Waals surface area contributed by atoms with Crippen molar-refractivity contribution >= 4 is 11.8 Å². The zero-order valence-electron chi connectivity index (χ0n) is 17.3. The summed E-state index contributed by atoms with van der Waals surface area (Å²) in [6.45, 7) is 4.79. The van der Waals surface area contributed by atoms with E-state index in [1.807, 2.05) is 31.3 Å². The second-order valence-electron chi connectivity index (χ2n) is 7.78. The zero-order valence-corrected chi connectivity index (χ0v) is 17.3. The number of morpholine rings is 1. The van der Waals surface area contributed by atoms with Crippen LogP contribution in [0.4, 0.5) is 0 Å². The summed E-state index contributed by atoms with van der Waals surface area (Å²) in [4.78, 5) is 26.9. The fourth-order valence-corrected chi connectivity index (χ4v) is 3.82. The van der Waals surface area contributed by atoms with E-state index in [2.05, 4.69) is 16.5 Å². The van der Waals surface area contributed by atoms with E-state index in [1.54, 1.807) is 9.58 Å². The molecule has 2 aromatic rings. The third kappa shape index (κ3) is 4.99. The predicted octanol–water partition coefficient (Wildman–Crippen LogP) is 1.45. The highest BCUT2D eigenvalue weighted by atomic mass is 16.5. The second-order valence-corrected chi connectivity index (χ2v) is 7.78. The van der Waals surface area contributed by atoms with Crippen molar-refractivity contribution < 1.29 is 19.1 Å². The number of carbonyl (C=O) groups is 2. The Morgan fingerprint density at radius 3 is 3.00 bits per heavy atom. The van der Waals surface area contributed by atoms with Gasteiger partial charge in [0.25, 0.3) is 5.91 Å². The van der Waals surface area contributed by atoms with Crippen LogP contribution in [-0.2, 0) is 33.8 Å². The molecule has 4 rings (SSSR count). The number of benzene rings is 1. The van der Waals surface area contributed by atoms with Gasteiger partial charge in [0.15, 0.2) is 6.10 Å². The molecular formula is C22H28N4O4. The number of aromatic nitrogens is 2. The molecule has 3 heterocycles. The number of hydrogen-bond acceptors (Lipinski definition) is 5. The van der Waals surface area contributed by atoms with Crippen LogP contribution in [0, 0.1) is 6.92 Å². The van der Waals surface area contributed by atoms with E-state index in [0.717, 1.165) is 36.5 Å². The normalized spacial score (nSPS) is 18.4. The third-order valence-corrected chi connectivity index (χ3v) is 5.48. The van der Waals surface area contributed by atoms with Gasteiger partial charge in [-0.25, -0.2) is 0 Å². The molecule has 2 aliphatic rings. The Kier molecular flexibility index (Phi) is 6.32. The van der Waals surface area contributed by atoms with Crippen LogP contribution in [0.25, 0.3) is 0 Å². The van der Waals surface area contributed by atoms with Crippen molar-refractivity contribution in [2.75, 3.05) is 26.3 Å². The Labute approximate surface area is 176 Å². The molecule has 1 atom stereocenters. The quantitative estimate of drug-likeness (QED) is 0.776. The zero-order chi connectivity index (χ0) is 20.9. The maximum atomic E-state index is 12.6. The minimum absolute atomic E-state index is 0.0129. The summed E-state index contributed by atoms with van der Waals surface area (Å²) < 4.78 is 13.0. The molecule has 8 heteroatoms. The van der Waals surface area contributed by atoms with Gasteiger partial charge in [0.05, 0.1) is 25.5 Å². The molecule has 1 fully saturated rings. The lowest BCUT2D eigenvalue weighted by Gasteiger charge is -2.32. The summed E-state index contributed by atoms with van der Waals surface area (Å²) >= 11 is 0. The summed E-state index contributed by atoms with van der Waals surface area (Å²) in [5.41, 5.74) is 3.15. The van der Waals surface area contributed by atoms with Gasteiger partial charge < -0.3 is 19.7 Å². The van der Waals surface area contributed by atoms with Crippen LogP contribution in [0.3, 0.4) is 0 Å². The van der Waals surface area contributed by atoms with Gasteiger partial charge in [0.1, 0.15) is 5.75 Å². The van der Waals surface area contributed by atoms with Gasteiger partial charge >= 0.3 is 0 Å². The number of fused-ring (bicyclic) bond motifs is 1. The van der Waals surface area contributed by atoms with Gasteiger partial charge in [-0.3, -0.25) is 14.3 Å². The van der Waals surface area contributed by atoms with Crippen LogP contribution in [0.15, 0.2) is 30.5 Å². The Morgan fingerprint density at radius 2 is 2.17 bits per heavy atom. The van der Waals surface area contributed by atoms with E-state index in [9.17, 15) is 9.59 Å². The molecule has 0 saturated carbocycles. The van der Waals surface area contributed by atoms with Crippen molar-refractivity contribution in [1.82, 2.24) is 20.0 Å². The lowest BCUT2D eigenvalue weighted by Crippen LogP contribution is -2.51. The molecule has 2 amide bonds. The molecule has 8 nitrogen and oxygen atoms in total. The van der Waals surface area contributed by atoms with E-state index in [0.29, 0.717) is 32.7 Å². The largest absolute Gasteiger partial charge is 0.493 e. The summed E-state index contributed by atoms with van der Waals surface area (Å²) in [7, 11) is 0. The van der Waals surface area contributed by atoms with Gasteiger partial charge in [-0.05, 0) is 43.0 Å². The number of aryl methyl sites for hydroxylation is 3. The van der Waals surface area contributed by atoms with Crippen molar-refractivity contribution in [2.24, 2.45) is 0 Å². The summed E-state index contributed by atoms with van der Waals surface area (Å²) in [6.07, 6.45) is 3.59. The fourth-order valence-electron chi connectivity index (χ4n) is 3.82. The van der Waals surface area contributed by atoms with E-state index in [4.69, 9.17) is 9.47 Å². The Balaban J connectivity index is 1.26. The average molecular weight is 412 g/mol. The SMILES string of the molecule is Cc1ccn(CCC(=O)N2CCOC(C(=O)NCc3ccc4c(c3)CCCO4)C2)n1. The predicted molar refractivity (Wildman–Crippen MR) is 110 cm³/mol. The van der Waals surface area contributed by atoms with Crippen LogP contribution in [0.5, 0.6) is 5.75 Å². The smallest absolute Gasteiger partial charge is 0.251 e. The van der Waals surface area contributed by atoms with Crippen LogP contribution >= 0.6 is 0 Å².